The fourth-order valence-corrected chi connectivity index (χ4v) is 12.1. The number of benzene rings is 7. The van der Waals surface area contributed by atoms with Gasteiger partial charge in [0, 0.05) is 27.3 Å². The molecule has 0 atom stereocenters. The molecule has 0 amide bonds. The van der Waals surface area contributed by atoms with Crippen molar-refractivity contribution in [2.24, 2.45) is 0 Å². The van der Waals surface area contributed by atoms with Crippen LogP contribution in [0.5, 0.6) is 0 Å². The van der Waals surface area contributed by atoms with E-state index >= 15 is 0 Å². The van der Waals surface area contributed by atoms with Gasteiger partial charge in [-0.15, -0.1) is 25.2 Å². The molecule has 0 saturated heterocycles. The summed E-state index contributed by atoms with van der Waals surface area (Å²) in [5, 5.41) is 7.98. The molecule has 392 valence electrons. The van der Waals surface area contributed by atoms with E-state index in [1.54, 1.807) is 13.8 Å². The van der Waals surface area contributed by atoms with Crippen LogP contribution in [0.4, 0.5) is 0 Å². The third-order valence-electron chi connectivity index (χ3n) is 16.8. The van der Waals surface area contributed by atoms with Gasteiger partial charge in [-0.2, -0.15) is 0 Å². The maximum Gasteiger partial charge on any atom is 0.0588 e. The molecule has 0 fully saturated rings. The van der Waals surface area contributed by atoms with Crippen LogP contribution in [-0.2, 0) is 0 Å². The van der Waals surface area contributed by atoms with Gasteiger partial charge in [-0.1, -0.05) is 47.4 Å². The van der Waals surface area contributed by atoms with Crippen molar-refractivity contribution in [2.45, 2.75) is 132 Å². The van der Waals surface area contributed by atoms with Crippen molar-refractivity contribution >= 4 is 43.1 Å². The summed E-state index contributed by atoms with van der Waals surface area (Å²) < 4.78 is 0. The van der Waals surface area contributed by atoms with Crippen molar-refractivity contribution < 1.29 is 0 Å². The van der Waals surface area contributed by atoms with E-state index in [9.17, 15) is 0 Å². The molecule has 0 nitrogen and oxygen atoms in total. The Morgan fingerprint density at radius 2 is 0.482 bits per heavy atom. The monoisotopic (exact) mass is 1060 g/mol. The SMILES string of the molecule is C#CC#CC#CC#Cc1c(C#CC#CC#CC)c(C#CC#CC#C)c(C#CC#CC)c2c1c(-c1c(C)c(C)c(C)c3c(C)c4c(-c5c(C)c(C)c(C)c(C)c5C)c(C)c(C)c(C)c4c(C)c13)c(C)c1c(C)c(C)c(C#CC)c(C#CC#C)c12. The Balaban J connectivity index is 2.06. The van der Waals surface area contributed by atoms with Gasteiger partial charge < -0.3 is 0 Å². The normalized spacial score (nSPS) is 9.40. The highest BCUT2D eigenvalue weighted by Crippen LogP contribution is 2.54. The van der Waals surface area contributed by atoms with Gasteiger partial charge in [0.05, 0.1) is 22.3 Å². The molecule has 0 aromatic heterocycles. The lowest BCUT2D eigenvalue weighted by molar-refractivity contribution is 1.17. The molecule has 0 unspecified atom stereocenters. The third kappa shape index (κ3) is 10.2. The standard InChI is InChI=1S/C83H60/c1-23-29-34-37-39-43-49-70-67(47-42-38-35-30-24-2)68(46-41-36-31-25-3)71(48-40-32-26-4)83-81-69(45-33-27-5)66(44-28-6)55(12)62(19)75(81)65(22)80(82(70)83)77-61(18)54(11)59(16)74-63(20)78-73(64(21)79(74)77)58(15)53(10)60(17)76(78)72-56(13)51(8)50(7)52(9)57(72)14/h1,3,5H,2,4,6-22H3. The molecule has 7 aromatic carbocycles. The van der Waals surface area contributed by atoms with Crippen molar-refractivity contribution in [2.75, 3.05) is 0 Å². The van der Waals surface area contributed by atoms with E-state index in [1.165, 1.54) is 88.5 Å². The Morgan fingerprint density at radius 1 is 0.181 bits per heavy atom. The van der Waals surface area contributed by atoms with Gasteiger partial charge in [0.1, 0.15) is 0 Å². The second-order valence-corrected chi connectivity index (χ2v) is 20.6. The van der Waals surface area contributed by atoms with Crippen molar-refractivity contribution in [1.82, 2.24) is 0 Å². The molecule has 0 heteroatoms. The molecule has 7 rings (SSSR count). The first kappa shape index (κ1) is 59.6. The lowest BCUT2D eigenvalue weighted by Gasteiger charge is -2.30. The van der Waals surface area contributed by atoms with Gasteiger partial charge in [0.15, 0.2) is 0 Å². The fraction of sp³-hybridized carbons (Fsp3) is 0.229. The van der Waals surface area contributed by atoms with Crippen molar-refractivity contribution in [3.8, 4) is 201 Å². The predicted octanol–water partition coefficient (Wildman–Crippen LogP) is 15.7. The number of fused-ring (bicyclic) bond motifs is 5. The topological polar surface area (TPSA) is 0 Å². The minimum Gasteiger partial charge on any atom is -0.106 e. The molecule has 0 aliphatic heterocycles. The first-order valence-electron chi connectivity index (χ1n) is 27.1. The van der Waals surface area contributed by atoms with Crippen molar-refractivity contribution in [1.29, 1.82) is 0 Å². The van der Waals surface area contributed by atoms with Gasteiger partial charge in [-0.05, 0) is 376 Å². The smallest absolute Gasteiger partial charge is 0.0588 e. The van der Waals surface area contributed by atoms with Crippen LogP contribution in [0.25, 0.3) is 65.3 Å². The first-order chi connectivity index (χ1) is 39.8. The second kappa shape index (κ2) is 25.0. The molecule has 0 aliphatic carbocycles. The summed E-state index contributed by atoms with van der Waals surface area (Å²) >= 11 is 0. The van der Waals surface area contributed by atoms with Gasteiger partial charge >= 0.3 is 0 Å². The van der Waals surface area contributed by atoms with E-state index in [-0.39, 0.29) is 0 Å². The summed E-state index contributed by atoms with van der Waals surface area (Å²) in [5.41, 5.74) is 27.0. The van der Waals surface area contributed by atoms with Crippen LogP contribution in [0, 0.1) is 290 Å². The number of terminal acetylenes is 3. The zero-order valence-corrected chi connectivity index (χ0v) is 51.2. The molecule has 0 aliphatic rings. The third-order valence-corrected chi connectivity index (χ3v) is 16.8. The maximum absolute atomic E-state index is 6.03. The van der Waals surface area contributed by atoms with E-state index in [0.717, 1.165) is 66.1 Å². The molecule has 0 radical (unpaired) electrons. The summed E-state index contributed by atoms with van der Waals surface area (Å²) in [6, 6.07) is 0. The summed E-state index contributed by atoms with van der Waals surface area (Å²) in [4.78, 5) is 0. The zero-order valence-electron chi connectivity index (χ0n) is 51.2. The molecule has 0 bridgehead atoms. The molecule has 7 aromatic rings. The molecule has 0 spiro atoms. The van der Waals surface area contributed by atoms with E-state index < -0.39 is 0 Å². The van der Waals surface area contributed by atoms with Crippen LogP contribution in [0.3, 0.4) is 0 Å². The van der Waals surface area contributed by atoms with E-state index in [2.05, 4.69) is 271 Å². The highest BCUT2D eigenvalue weighted by molar-refractivity contribution is 6.27. The second-order valence-electron chi connectivity index (χ2n) is 20.6. The minimum absolute atomic E-state index is 0.420. The molecule has 83 heavy (non-hydrogen) atoms. The average Bonchev–Trinajstić information content (AvgIpc) is 0.812. The Hall–Kier alpha value is -11.0. The summed E-state index contributed by atoms with van der Waals surface area (Å²) in [7, 11) is 0. The molecular formula is C83H60. The lowest BCUT2D eigenvalue weighted by Crippen LogP contribution is -2.08. The summed E-state index contributed by atoms with van der Waals surface area (Å²) in [6.07, 6.45) is 17.2. The van der Waals surface area contributed by atoms with Crippen molar-refractivity contribution in [3.05, 3.63) is 122 Å². The molecular weight excluding hydrogens is 997 g/mol. The largest absolute Gasteiger partial charge is 0.106 e. The quantitative estimate of drug-likeness (QED) is 0.0920. The van der Waals surface area contributed by atoms with Gasteiger partial charge in [-0.3, -0.25) is 0 Å². The van der Waals surface area contributed by atoms with Crippen LogP contribution in [-0.4, -0.2) is 0 Å². The van der Waals surface area contributed by atoms with Crippen LogP contribution < -0.4 is 0 Å². The van der Waals surface area contributed by atoms with Gasteiger partial charge in [0.25, 0.3) is 0 Å². The summed E-state index contributed by atoms with van der Waals surface area (Å²) in [6.45, 7) is 41.3. The Bertz CT molecular complexity index is 5150. The predicted molar refractivity (Wildman–Crippen MR) is 355 cm³/mol. The fourth-order valence-electron chi connectivity index (χ4n) is 12.1. The maximum atomic E-state index is 6.03. The van der Waals surface area contributed by atoms with Crippen molar-refractivity contribution in [3.63, 3.8) is 0 Å². The number of aryl methyl sites for hydroxylation is 6. The van der Waals surface area contributed by atoms with Crippen LogP contribution >= 0.6 is 0 Å². The molecule has 0 saturated carbocycles. The molecule has 0 heterocycles. The Morgan fingerprint density at radius 3 is 0.964 bits per heavy atom. The summed E-state index contributed by atoms with van der Waals surface area (Å²) in [5.74, 6) is 80.7. The average molecular weight is 1060 g/mol. The number of hydrogen-bond donors (Lipinski definition) is 0. The highest BCUT2D eigenvalue weighted by atomic mass is 14.3. The molecule has 0 N–H and O–H groups in total. The van der Waals surface area contributed by atoms with Gasteiger partial charge in [-0.25, -0.2) is 0 Å². The Kier molecular flexibility index (Phi) is 17.9. The van der Waals surface area contributed by atoms with Gasteiger partial charge in [0.2, 0.25) is 0 Å². The number of hydrogen-bond acceptors (Lipinski definition) is 0. The van der Waals surface area contributed by atoms with E-state index in [0.29, 0.717) is 33.2 Å². The van der Waals surface area contributed by atoms with E-state index in [4.69, 9.17) is 19.3 Å². The lowest BCUT2D eigenvalue weighted by atomic mass is 9.73. The van der Waals surface area contributed by atoms with E-state index in [1.807, 2.05) is 6.92 Å². The van der Waals surface area contributed by atoms with Crippen LogP contribution in [0.1, 0.15) is 143 Å². The van der Waals surface area contributed by atoms with Crippen LogP contribution in [0.15, 0.2) is 0 Å². The first-order valence-corrected chi connectivity index (χ1v) is 27.1. The highest BCUT2D eigenvalue weighted by Gasteiger charge is 2.32. The minimum atomic E-state index is 0.420. The zero-order chi connectivity index (χ0) is 60.7. The number of rotatable bonds is 2. The Labute approximate surface area is 495 Å². The van der Waals surface area contributed by atoms with Crippen LogP contribution in [0.2, 0.25) is 0 Å².